The Morgan fingerprint density at radius 3 is 2.80 bits per heavy atom. The van der Waals surface area contributed by atoms with Crippen LogP contribution in [0, 0.1) is 11.8 Å². The lowest BCUT2D eigenvalue weighted by Crippen LogP contribution is -2.23. The molecule has 0 radical (unpaired) electrons. The Labute approximate surface area is 91.7 Å². The van der Waals surface area contributed by atoms with Crippen molar-refractivity contribution in [1.29, 1.82) is 0 Å². The highest BCUT2D eigenvalue weighted by molar-refractivity contribution is 4.99. The third-order valence-electron chi connectivity index (χ3n) is 3.82. The summed E-state index contributed by atoms with van der Waals surface area (Å²) in [5.74, 6) is 1.68. The molecular formula is C12H21N3. The lowest BCUT2D eigenvalue weighted by molar-refractivity contribution is 0.200. The molecule has 2 rings (SSSR count). The summed E-state index contributed by atoms with van der Waals surface area (Å²) in [6, 6.07) is 2.62. The van der Waals surface area contributed by atoms with Crippen LogP contribution in [0.5, 0.6) is 0 Å². The zero-order chi connectivity index (χ0) is 10.8. The van der Waals surface area contributed by atoms with Gasteiger partial charge in [0.15, 0.2) is 0 Å². The normalized spacial score (nSPS) is 31.8. The van der Waals surface area contributed by atoms with Crippen molar-refractivity contribution >= 4 is 0 Å². The van der Waals surface area contributed by atoms with Crippen LogP contribution < -0.4 is 5.73 Å². The summed E-state index contributed by atoms with van der Waals surface area (Å²) in [7, 11) is 0. The number of aromatic nitrogens is 2. The molecular weight excluding hydrogens is 186 g/mol. The highest BCUT2D eigenvalue weighted by Gasteiger charge is 2.25. The van der Waals surface area contributed by atoms with Crippen molar-refractivity contribution in [2.24, 2.45) is 17.6 Å². The molecule has 84 valence electrons. The maximum atomic E-state index is 5.57. The SMILES string of the molecule is CC1CCC(n2ccc(CN)n2)CC1C. The fourth-order valence-electron chi connectivity index (χ4n) is 2.45. The molecule has 3 nitrogen and oxygen atoms in total. The molecule has 3 heteroatoms. The number of rotatable bonds is 2. The molecule has 0 amide bonds. The van der Waals surface area contributed by atoms with Gasteiger partial charge in [0.2, 0.25) is 0 Å². The van der Waals surface area contributed by atoms with E-state index in [2.05, 4.69) is 29.8 Å². The Hall–Kier alpha value is -0.830. The molecule has 0 spiro atoms. The molecule has 0 bridgehead atoms. The monoisotopic (exact) mass is 207 g/mol. The van der Waals surface area contributed by atoms with Crippen LogP contribution in [0.1, 0.15) is 44.8 Å². The van der Waals surface area contributed by atoms with Crippen LogP contribution in [-0.2, 0) is 6.54 Å². The van der Waals surface area contributed by atoms with Gasteiger partial charge < -0.3 is 5.73 Å². The number of nitrogens with zero attached hydrogens (tertiary/aromatic N) is 2. The van der Waals surface area contributed by atoms with Gasteiger partial charge in [-0.1, -0.05) is 13.8 Å². The van der Waals surface area contributed by atoms with Gasteiger partial charge in [-0.3, -0.25) is 4.68 Å². The quantitative estimate of drug-likeness (QED) is 0.809. The molecule has 1 saturated carbocycles. The first-order chi connectivity index (χ1) is 7.20. The van der Waals surface area contributed by atoms with Crippen molar-refractivity contribution in [3.8, 4) is 0 Å². The van der Waals surface area contributed by atoms with Crippen molar-refractivity contribution < 1.29 is 0 Å². The first kappa shape index (κ1) is 10.7. The van der Waals surface area contributed by atoms with Gasteiger partial charge >= 0.3 is 0 Å². The second-order valence-corrected chi connectivity index (χ2v) is 4.91. The average molecular weight is 207 g/mol. The van der Waals surface area contributed by atoms with E-state index in [-0.39, 0.29) is 0 Å². The molecule has 1 aromatic rings. The summed E-state index contributed by atoms with van der Waals surface area (Å²) in [5, 5.41) is 4.50. The third-order valence-corrected chi connectivity index (χ3v) is 3.82. The van der Waals surface area contributed by atoms with Crippen LogP contribution in [0.2, 0.25) is 0 Å². The molecule has 15 heavy (non-hydrogen) atoms. The van der Waals surface area contributed by atoms with Gasteiger partial charge in [0.05, 0.1) is 11.7 Å². The summed E-state index contributed by atoms with van der Waals surface area (Å²) in [6.45, 7) is 5.26. The molecule has 1 aliphatic rings. The Kier molecular flexibility index (Phi) is 3.10. The maximum absolute atomic E-state index is 5.57. The van der Waals surface area contributed by atoms with Crippen LogP contribution in [0.15, 0.2) is 12.3 Å². The number of hydrogen-bond acceptors (Lipinski definition) is 2. The standard InChI is InChI=1S/C12H21N3/c1-9-3-4-12(7-10(9)2)15-6-5-11(8-13)14-15/h5-6,9-10,12H,3-4,7-8,13H2,1-2H3. The van der Waals surface area contributed by atoms with Gasteiger partial charge in [-0.25, -0.2) is 0 Å². The molecule has 1 aromatic heterocycles. The molecule has 2 N–H and O–H groups in total. The maximum Gasteiger partial charge on any atom is 0.0760 e. The van der Waals surface area contributed by atoms with Crippen molar-refractivity contribution in [2.45, 2.75) is 45.7 Å². The Morgan fingerprint density at radius 1 is 1.40 bits per heavy atom. The van der Waals surface area contributed by atoms with Crippen molar-refractivity contribution in [2.75, 3.05) is 0 Å². The molecule has 1 fully saturated rings. The minimum atomic E-state index is 0.547. The molecule has 0 aliphatic heterocycles. The molecule has 0 aromatic carbocycles. The zero-order valence-electron chi connectivity index (χ0n) is 9.69. The van der Waals surface area contributed by atoms with E-state index in [0.29, 0.717) is 12.6 Å². The third kappa shape index (κ3) is 2.23. The fraction of sp³-hybridized carbons (Fsp3) is 0.750. The van der Waals surface area contributed by atoms with Gasteiger partial charge in [0.1, 0.15) is 0 Å². The second kappa shape index (κ2) is 4.35. The van der Waals surface area contributed by atoms with E-state index >= 15 is 0 Å². The number of nitrogens with two attached hydrogens (primary N) is 1. The topological polar surface area (TPSA) is 43.8 Å². The fourth-order valence-corrected chi connectivity index (χ4v) is 2.45. The van der Waals surface area contributed by atoms with E-state index in [1.54, 1.807) is 0 Å². The summed E-state index contributed by atoms with van der Waals surface area (Å²) in [6.07, 6.45) is 5.92. The minimum Gasteiger partial charge on any atom is -0.325 e. The van der Waals surface area contributed by atoms with Crippen molar-refractivity contribution in [1.82, 2.24) is 9.78 Å². The summed E-state index contributed by atoms with van der Waals surface area (Å²) >= 11 is 0. The van der Waals surface area contributed by atoms with E-state index in [0.717, 1.165) is 17.5 Å². The predicted octanol–water partition coefficient (Wildman–Crippen LogP) is 2.34. The van der Waals surface area contributed by atoms with Gasteiger partial charge in [-0.15, -0.1) is 0 Å². The summed E-state index contributed by atoms with van der Waals surface area (Å²) in [5.41, 5.74) is 6.57. The van der Waals surface area contributed by atoms with Gasteiger partial charge in [0, 0.05) is 12.7 Å². The van der Waals surface area contributed by atoms with E-state index in [1.165, 1.54) is 19.3 Å². The first-order valence-corrected chi connectivity index (χ1v) is 5.94. The van der Waals surface area contributed by atoms with E-state index < -0.39 is 0 Å². The minimum absolute atomic E-state index is 0.547. The van der Waals surface area contributed by atoms with Crippen LogP contribution in [-0.4, -0.2) is 9.78 Å². The van der Waals surface area contributed by atoms with Crippen LogP contribution in [0.25, 0.3) is 0 Å². The van der Waals surface area contributed by atoms with Gasteiger partial charge in [0.25, 0.3) is 0 Å². The number of hydrogen-bond donors (Lipinski definition) is 1. The summed E-state index contributed by atoms with van der Waals surface area (Å²) < 4.78 is 2.12. The van der Waals surface area contributed by atoms with E-state index in [4.69, 9.17) is 5.73 Å². The van der Waals surface area contributed by atoms with Crippen molar-refractivity contribution in [3.63, 3.8) is 0 Å². The lowest BCUT2D eigenvalue weighted by atomic mass is 9.79. The average Bonchev–Trinajstić information content (AvgIpc) is 2.70. The Bertz CT molecular complexity index is 318. The van der Waals surface area contributed by atoms with Crippen LogP contribution in [0.4, 0.5) is 0 Å². The molecule has 0 saturated heterocycles. The van der Waals surface area contributed by atoms with Gasteiger partial charge in [-0.05, 0) is 37.2 Å². The van der Waals surface area contributed by atoms with Crippen molar-refractivity contribution in [3.05, 3.63) is 18.0 Å². The van der Waals surface area contributed by atoms with E-state index in [9.17, 15) is 0 Å². The highest BCUT2D eigenvalue weighted by atomic mass is 15.3. The Morgan fingerprint density at radius 2 is 2.20 bits per heavy atom. The first-order valence-electron chi connectivity index (χ1n) is 5.94. The lowest BCUT2D eigenvalue weighted by Gasteiger charge is -2.32. The summed E-state index contributed by atoms with van der Waals surface area (Å²) in [4.78, 5) is 0. The molecule has 1 aliphatic carbocycles. The highest BCUT2D eigenvalue weighted by Crippen LogP contribution is 2.35. The van der Waals surface area contributed by atoms with Crippen LogP contribution >= 0.6 is 0 Å². The zero-order valence-corrected chi connectivity index (χ0v) is 9.69. The largest absolute Gasteiger partial charge is 0.325 e. The molecule has 3 unspecified atom stereocenters. The predicted molar refractivity (Wildman–Crippen MR) is 61.3 cm³/mol. The smallest absolute Gasteiger partial charge is 0.0760 e. The van der Waals surface area contributed by atoms with E-state index in [1.807, 2.05) is 6.07 Å². The molecule has 3 atom stereocenters. The molecule has 1 heterocycles. The second-order valence-electron chi connectivity index (χ2n) is 4.91. The van der Waals surface area contributed by atoms with Gasteiger partial charge in [-0.2, -0.15) is 5.10 Å². The Balaban J connectivity index is 2.05. The van der Waals surface area contributed by atoms with Crippen LogP contribution in [0.3, 0.4) is 0 Å².